The van der Waals surface area contributed by atoms with Crippen molar-refractivity contribution in [2.24, 2.45) is 11.7 Å². The fourth-order valence-electron chi connectivity index (χ4n) is 1.33. The van der Waals surface area contributed by atoms with Gasteiger partial charge in [-0.25, -0.2) is 0 Å². The first kappa shape index (κ1) is 15.4. The summed E-state index contributed by atoms with van der Waals surface area (Å²) >= 11 is 0. The van der Waals surface area contributed by atoms with Gasteiger partial charge in [-0.1, -0.05) is 0 Å². The van der Waals surface area contributed by atoms with Crippen LogP contribution in [0, 0.1) is 5.92 Å². The first-order chi connectivity index (χ1) is 5.25. The summed E-state index contributed by atoms with van der Waals surface area (Å²) in [6.07, 6.45) is 0.786. The maximum absolute atomic E-state index is 11.0. The highest BCUT2D eigenvalue weighted by molar-refractivity contribution is 5.85. The molecule has 0 aromatic carbocycles. The fraction of sp³-hybridized carbons (Fsp3) is 0.857. The maximum Gasteiger partial charge on any atom is 0.310 e. The fourth-order valence-corrected chi connectivity index (χ4v) is 1.33. The van der Waals surface area contributed by atoms with E-state index in [0.29, 0.717) is 6.54 Å². The van der Waals surface area contributed by atoms with E-state index in [1.54, 1.807) is 0 Å². The zero-order valence-electron chi connectivity index (χ0n) is 7.49. The lowest BCUT2D eigenvalue weighted by Crippen LogP contribution is -2.49. The van der Waals surface area contributed by atoms with Crippen LogP contribution in [0.3, 0.4) is 0 Å². The minimum absolute atomic E-state index is 0. The molecule has 13 heavy (non-hydrogen) atoms. The summed E-state index contributed by atoms with van der Waals surface area (Å²) in [5, 5.41) is 3.11. The quantitative estimate of drug-likeness (QED) is 0.620. The molecule has 1 heterocycles. The summed E-state index contributed by atoms with van der Waals surface area (Å²) in [5.41, 5.74) is 5.69. The van der Waals surface area contributed by atoms with Crippen LogP contribution >= 0.6 is 24.8 Å². The minimum Gasteiger partial charge on any atom is -0.469 e. The Bertz CT molecular complexity index is 157. The van der Waals surface area contributed by atoms with Crippen molar-refractivity contribution >= 4 is 30.8 Å². The molecule has 3 N–H and O–H groups in total. The third-order valence-electron chi connectivity index (χ3n) is 2.03. The first-order valence-corrected chi connectivity index (χ1v) is 3.80. The Labute approximate surface area is 90.4 Å². The van der Waals surface area contributed by atoms with Crippen LogP contribution in [0.15, 0.2) is 0 Å². The molecule has 0 aromatic rings. The number of nitrogens with one attached hydrogen (secondary N) is 1. The largest absolute Gasteiger partial charge is 0.469 e. The zero-order chi connectivity index (χ0) is 8.27. The number of carbonyl (C=O) groups excluding carboxylic acids is 1. The van der Waals surface area contributed by atoms with Gasteiger partial charge in [0, 0.05) is 12.6 Å². The molecule has 0 spiro atoms. The van der Waals surface area contributed by atoms with Gasteiger partial charge in [0.05, 0.1) is 13.0 Å². The molecule has 0 aromatic heterocycles. The SMILES string of the molecule is COC(=O)[C@H]1CCNC[C@H]1N.Cl.Cl. The van der Waals surface area contributed by atoms with Crippen LogP contribution in [0.4, 0.5) is 0 Å². The second kappa shape index (κ2) is 7.38. The van der Waals surface area contributed by atoms with E-state index in [1.807, 2.05) is 0 Å². The van der Waals surface area contributed by atoms with Crippen molar-refractivity contribution < 1.29 is 9.53 Å². The van der Waals surface area contributed by atoms with E-state index < -0.39 is 0 Å². The summed E-state index contributed by atoms with van der Waals surface area (Å²) in [7, 11) is 1.40. The van der Waals surface area contributed by atoms with Crippen LogP contribution in [0.25, 0.3) is 0 Å². The average Bonchev–Trinajstić information content (AvgIpc) is 2.04. The summed E-state index contributed by atoms with van der Waals surface area (Å²) in [5.74, 6) is -0.291. The van der Waals surface area contributed by atoms with Gasteiger partial charge in [-0.05, 0) is 13.0 Å². The smallest absolute Gasteiger partial charge is 0.310 e. The van der Waals surface area contributed by atoms with E-state index in [-0.39, 0.29) is 42.7 Å². The first-order valence-electron chi connectivity index (χ1n) is 3.80. The number of hydrogen-bond donors (Lipinski definition) is 2. The molecule has 80 valence electrons. The molecule has 0 aliphatic carbocycles. The number of hydrogen-bond acceptors (Lipinski definition) is 4. The highest BCUT2D eigenvalue weighted by Crippen LogP contribution is 2.11. The predicted octanol–water partition coefficient (Wildman–Crippen LogP) is -0.0602. The van der Waals surface area contributed by atoms with E-state index in [9.17, 15) is 4.79 Å². The Morgan fingerprint density at radius 2 is 2.15 bits per heavy atom. The number of esters is 1. The Hall–Kier alpha value is -0.0300. The molecule has 0 unspecified atom stereocenters. The van der Waals surface area contributed by atoms with Gasteiger partial charge < -0.3 is 15.8 Å². The molecule has 1 aliphatic rings. The number of ether oxygens (including phenoxy) is 1. The van der Waals surface area contributed by atoms with Gasteiger partial charge in [-0.15, -0.1) is 24.8 Å². The molecule has 1 rings (SSSR count). The van der Waals surface area contributed by atoms with Crippen molar-refractivity contribution in [3.63, 3.8) is 0 Å². The molecular formula is C7H16Cl2N2O2. The average molecular weight is 231 g/mol. The second-order valence-electron chi connectivity index (χ2n) is 2.79. The molecule has 0 bridgehead atoms. The highest BCUT2D eigenvalue weighted by atomic mass is 35.5. The molecule has 0 radical (unpaired) electrons. The number of halogens is 2. The van der Waals surface area contributed by atoms with Crippen LogP contribution < -0.4 is 11.1 Å². The number of piperidine rings is 1. The van der Waals surface area contributed by atoms with Gasteiger partial charge in [0.1, 0.15) is 0 Å². The Morgan fingerprint density at radius 3 is 2.62 bits per heavy atom. The molecule has 1 aliphatic heterocycles. The van der Waals surface area contributed by atoms with E-state index >= 15 is 0 Å². The lowest BCUT2D eigenvalue weighted by atomic mass is 9.94. The van der Waals surface area contributed by atoms with Crippen LogP contribution in [-0.2, 0) is 9.53 Å². The Morgan fingerprint density at radius 1 is 1.54 bits per heavy atom. The molecule has 0 amide bonds. The molecule has 1 saturated heterocycles. The molecule has 0 saturated carbocycles. The van der Waals surface area contributed by atoms with Crippen molar-refractivity contribution in [3.05, 3.63) is 0 Å². The van der Waals surface area contributed by atoms with Gasteiger partial charge in [-0.3, -0.25) is 4.79 Å². The van der Waals surface area contributed by atoms with E-state index in [1.165, 1.54) is 7.11 Å². The van der Waals surface area contributed by atoms with Crippen LogP contribution in [-0.4, -0.2) is 32.2 Å². The molecule has 4 nitrogen and oxygen atoms in total. The van der Waals surface area contributed by atoms with Gasteiger partial charge in [0.25, 0.3) is 0 Å². The van der Waals surface area contributed by atoms with Gasteiger partial charge in [-0.2, -0.15) is 0 Å². The van der Waals surface area contributed by atoms with E-state index in [4.69, 9.17) is 5.73 Å². The van der Waals surface area contributed by atoms with Crippen molar-refractivity contribution in [2.75, 3.05) is 20.2 Å². The number of nitrogens with two attached hydrogens (primary N) is 1. The number of rotatable bonds is 1. The summed E-state index contributed by atoms with van der Waals surface area (Å²) < 4.78 is 4.61. The van der Waals surface area contributed by atoms with Gasteiger partial charge >= 0.3 is 5.97 Å². The lowest BCUT2D eigenvalue weighted by molar-refractivity contribution is -0.146. The summed E-state index contributed by atoms with van der Waals surface area (Å²) in [6.45, 7) is 1.56. The predicted molar refractivity (Wildman–Crippen MR) is 55.5 cm³/mol. The third kappa shape index (κ3) is 4.13. The van der Waals surface area contributed by atoms with Crippen molar-refractivity contribution in [2.45, 2.75) is 12.5 Å². The molecule has 1 fully saturated rings. The van der Waals surface area contributed by atoms with Gasteiger partial charge in [0.2, 0.25) is 0 Å². The standard InChI is InChI=1S/C7H14N2O2.2ClH/c1-11-7(10)5-2-3-9-4-6(5)8;;/h5-6,9H,2-4,8H2,1H3;2*1H/t5-,6+;;/m0../s1. The van der Waals surface area contributed by atoms with Crippen molar-refractivity contribution in [1.82, 2.24) is 5.32 Å². The summed E-state index contributed by atoms with van der Waals surface area (Å²) in [4.78, 5) is 11.0. The Kier molecular flexibility index (Phi) is 8.77. The van der Waals surface area contributed by atoms with Crippen LogP contribution in [0.2, 0.25) is 0 Å². The Balaban J connectivity index is 0. The van der Waals surface area contributed by atoms with Crippen LogP contribution in [0.1, 0.15) is 6.42 Å². The third-order valence-corrected chi connectivity index (χ3v) is 2.03. The van der Waals surface area contributed by atoms with E-state index in [2.05, 4.69) is 10.1 Å². The monoisotopic (exact) mass is 230 g/mol. The molecule has 2 atom stereocenters. The number of carbonyl (C=O) groups is 1. The van der Waals surface area contributed by atoms with E-state index in [0.717, 1.165) is 13.0 Å². The normalized spacial score (nSPS) is 26.6. The number of methoxy groups -OCH3 is 1. The zero-order valence-corrected chi connectivity index (χ0v) is 9.12. The lowest BCUT2D eigenvalue weighted by Gasteiger charge is -2.26. The van der Waals surface area contributed by atoms with Gasteiger partial charge in [0.15, 0.2) is 0 Å². The van der Waals surface area contributed by atoms with Crippen LogP contribution in [0.5, 0.6) is 0 Å². The summed E-state index contributed by atoms with van der Waals surface area (Å²) in [6, 6.07) is -0.0869. The minimum atomic E-state index is -0.181. The van der Waals surface area contributed by atoms with Crippen molar-refractivity contribution in [1.29, 1.82) is 0 Å². The topological polar surface area (TPSA) is 64.3 Å². The van der Waals surface area contributed by atoms with Crippen molar-refractivity contribution in [3.8, 4) is 0 Å². The second-order valence-corrected chi connectivity index (χ2v) is 2.79. The molecule has 6 heteroatoms. The maximum atomic E-state index is 11.0. The highest BCUT2D eigenvalue weighted by Gasteiger charge is 2.28. The molecular weight excluding hydrogens is 215 g/mol.